The van der Waals surface area contributed by atoms with Crippen LogP contribution in [-0.2, 0) is 0 Å². The van der Waals surface area contributed by atoms with Crippen LogP contribution in [0.3, 0.4) is 0 Å². The van der Waals surface area contributed by atoms with Gasteiger partial charge >= 0.3 is 5.97 Å². The van der Waals surface area contributed by atoms with Crippen LogP contribution in [0.4, 0.5) is 5.82 Å². The molecule has 0 radical (unpaired) electrons. The number of carboxylic acids is 1. The molecule has 1 rings (SSSR count). The van der Waals surface area contributed by atoms with Gasteiger partial charge in [-0.3, -0.25) is 0 Å². The highest BCUT2D eigenvalue weighted by atomic mass is 16.4. The molecule has 16 heavy (non-hydrogen) atoms. The number of carbonyl (C=O) groups is 1. The summed E-state index contributed by atoms with van der Waals surface area (Å²) in [5.41, 5.74) is -0.0762. The van der Waals surface area contributed by atoms with Gasteiger partial charge in [-0.25, -0.2) is 4.79 Å². The van der Waals surface area contributed by atoms with Crippen LogP contribution in [0.15, 0.2) is 12.1 Å². The van der Waals surface area contributed by atoms with Gasteiger partial charge in [0.15, 0.2) is 11.5 Å². The third-order valence-corrected chi connectivity index (χ3v) is 2.14. The lowest BCUT2D eigenvalue weighted by atomic mass is 10.3. The molecule has 2 N–H and O–H groups in total. The number of rotatable bonds is 5. The largest absolute Gasteiger partial charge is 0.476 e. The van der Waals surface area contributed by atoms with Crippen LogP contribution in [0, 0.1) is 0 Å². The zero-order valence-corrected chi connectivity index (χ0v) is 9.29. The van der Waals surface area contributed by atoms with Crippen molar-refractivity contribution in [1.82, 2.24) is 10.2 Å². The summed E-state index contributed by atoms with van der Waals surface area (Å²) in [6.07, 6.45) is 0.257. The third-order valence-electron chi connectivity index (χ3n) is 2.14. The van der Waals surface area contributed by atoms with Gasteiger partial charge in [0.05, 0.1) is 6.10 Å². The summed E-state index contributed by atoms with van der Waals surface area (Å²) in [6, 6.07) is 3.00. The Hall–Kier alpha value is -1.69. The number of aliphatic hydroxyl groups excluding tert-OH is 1. The van der Waals surface area contributed by atoms with E-state index in [9.17, 15) is 4.79 Å². The number of hydrogen-bond acceptors (Lipinski definition) is 5. The van der Waals surface area contributed by atoms with Crippen LogP contribution in [-0.4, -0.2) is 46.1 Å². The molecule has 0 fully saturated rings. The second-order valence-corrected chi connectivity index (χ2v) is 3.64. The van der Waals surface area contributed by atoms with Crippen LogP contribution in [0.2, 0.25) is 0 Å². The number of aromatic nitrogens is 2. The summed E-state index contributed by atoms with van der Waals surface area (Å²) < 4.78 is 0. The lowest BCUT2D eigenvalue weighted by Crippen LogP contribution is -2.23. The molecule has 0 bridgehead atoms. The van der Waals surface area contributed by atoms with Crippen molar-refractivity contribution in [2.45, 2.75) is 19.4 Å². The number of anilines is 1. The normalized spacial score (nSPS) is 12.2. The average Bonchev–Trinajstić information content (AvgIpc) is 2.26. The highest BCUT2D eigenvalue weighted by Gasteiger charge is 2.08. The molecule has 1 aromatic heterocycles. The van der Waals surface area contributed by atoms with Gasteiger partial charge in [-0.1, -0.05) is 0 Å². The van der Waals surface area contributed by atoms with E-state index in [1.807, 2.05) is 11.9 Å². The van der Waals surface area contributed by atoms with Crippen molar-refractivity contribution in [3.8, 4) is 0 Å². The zero-order valence-electron chi connectivity index (χ0n) is 9.29. The molecule has 1 atom stereocenters. The van der Waals surface area contributed by atoms with Crippen LogP contribution in [0.5, 0.6) is 0 Å². The molecule has 0 aliphatic carbocycles. The molecule has 6 heteroatoms. The van der Waals surface area contributed by atoms with E-state index in [4.69, 9.17) is 10.2 Å². The molecule has 88 valence electrons. The van der Waals surface area contributed by atoms with Gasteiger partial charge in [-0.05, 0) is 25.5 Å². The van der Waals surface area contributed by atoms with E-state index in [1.54, 1.807) is 13.0 Å². The predicted octanol–water partition coefficient (Wildman–Crippen LogP) is 0.382. The Morgan fingerprint density at radius 1 is 1.50 bits per heavy atom. The molecule has 0 saturated carbocycles. The van der Waals surface area contributed by atoms with Gasteiger partial charge in [-0.15, -0.1) is 10.2 Å². The summed E-state index contributed by atoms with van der Waals surface area (Å²) in [6.45, 7) is 2.35. The quantitative estimate of drug-likeness (QED) is 0.753. The van der Waals surface area contributed by atoms with Crippen molar-refractivity contribution < 1.29 is 15.0 Å². The first-order valence-corrected chi connectivity index (χ1v) is 4.97. The fraction of sp³-hybridized carbons (Fsp3) is 0.500. The van der Waals surface area contributed by atoms with Crippen LogP contribution in [0.25, 0.3) is 0 Å². The van der Waals surface area contributed by atoms with Gasteiger partial charge in [0.1, 0.15) is 0 Å². The third kappa shape index (κ3) is 3.47. The van der Waals surface area contributed by atoms with E-state index in [-0.39, 0.29) is 11.8 Å². The standard InChI is InChI=1S/C10H15N3O3/c1-7(14)5-6-13(2)9-4-3-8(10(15)16)11-12-9/h3-4,7,14H,5-6H2,1-2H3,(H,15,16). The first kappa shape index (κ1) is 12.4. The lowest BCUT2D eigenvalue weighted by Gasteiger charge is -2.18. The van der Waals surface area contributed by atoms with E-state index in [0.717, 1.165) is 0 Å². The molecule has 1 unspecified atom stereocenters. The Kier molecular flexibility index (Phi) is 4.19. The fourth-order valence-corrected chi connectivity index (χ4v) is 1.14. The molecule has 0 aliphatic heterocycles. The summed E-state index contributed by atoms with van der Waals surface area (Å²) in [7, 11) is 1.81. The van der Waals surface area contributed by atoms with Crippen molar-refractivity contribution in [2.24, 2.45) is 0 Å². The van der Waals surface area contributed by atoms with Crippen LogP contribution >= 0.6 is 0 Å². The molecule has 0 amide bonds. The minimum Gasteiger partial charge on any atom is -0.476 e. The van der Waals surface area contributed by atoms with Gasteiger partial charge < -0.3 is 15.1 Å². The maximum atomic E-state index is 10.5. The van der Waals surface area contributed by atoms with E-state index >= 15 is 0 Å². The first-order chi connectivity index (χ1) is 7.50. The maximum Gasteiger partial charge on any atom is 0.356 e. The van der Waals surface area contributed by atoms with Crippen LogP contribution < -0.4 is 4.90 Å². The lowest BCUT2D eigenvalue weighted by molar-refractivity contribution is 0.0689. The molecule has 1 heterocycles. The number of aromatic carboxylic acids is 1. The van der Waals surface area contributed by atoms with E-state index < -0.39 is 5.97 Å². The van der Waals surface area contributed by atoms with Crippen molar-refractivity contribution in [3.05, 3.63) is 17.8 Å². The van der Waals surface area contributed by atoms with E-state index in [1.165, 1.54) is 6.07 Å². The highest BCUT2D eigenvalue weighted by molar-refractivity contribution is 5.85. The topological polar surface area (TPSA) is 86.5 Å². The zero-order chi connectivity index (χ0) is 12.1. The molecule has 0 aliphatic rings. The Morgan fingerprint density at radius 2 is 2.19 bits per heavy atom. The number of hydrogen-bond donors (Lipinski definition) is 2. The minimum atomic E-state index is -1.09. The van der Waals surface area contributed by atoms with Gasteiger partial charge in [0.25, 0.3) is 0 Å². The molecule has 0 aromatic carbocycles. The van der Waals surface area contributed by atoms with Crippen molar-refractivity contribution in [2.75, 3.05) is 18.5 Å². The summed E-state index contributed by atoms with van der Waals surface area (Å²) >= 11 is 0. The van der Waals surface area contributed by atoms with E-state index in [2.05, 4.69) is 10.2 Å². The molecular formula is C10H15N3O3. The Balaban J connectivity index is 2.63. The van der Waals surface area contributed by atoms with E-state index in [0.29, 0.717) is 18.8 Å². The fourth-order valence-electron chi connectivity index (χ4n) is 1.14. The van der Waals surface area contributed by atoms with Gasteiger partial charge in [0, 0.05) is 13.6 Å². The highest BCUT2D eigenvalue weighted by Crippen LogP contribution is 2.08. The minimum absolute atomic E-state index is 0.0762. The number of nitrogens with zero attached hydrogens (tertiary/aromatic N) is 3. The first-order valence-electron chi connectivity index (χ1n) is 4.97. The number of aliphatic hydroxyl groups is 1. The van der Waals surface area contributed by atoms with Gasteiger partial charge in [0.2, 0.25) is 0 Å². The molecular weight excluding hydrogens is 210 g/mol. The Bertz CT molecular complexity index is 351. The maximum absolute atomic E-state index is 10.5. The molecule has 0 saturated heterocycles. The van der Waals surface area contributed by atoms with Crippen molar-refractivity contribution in [3.63, 3.8) is 0 Å². The van der Waals surface area contributed by atoms with Gasteiger partial charge in [-0.2, -0.15) is 0 Å². The monoisotopic (exact) mass is 225 g/mol. The van der Waals surface area contributed by atoms with Crippen molar-refractivity contribution >= 4 is 11.8 Å². The van der Waals surface area contributed by atoms with Crippen molar-refractivity contribution in [1.29, 1.82) is 0 Å². The Labute approximate surface area is 93.5 Å². The summed E-state index contributed by atoms with van der Waals surface area (Å²) in [5.74, 6) is -0.503. The smallest absolute Gasteiger partial charge is 0.356 e. The average molecular weight is 225 g/mol. The van der Waals surface area contributed by atoms with Crippen LogP contribution in [0.1, 0.15) is 23.8 Å². The summed E-state index contributed by atoms with van der Waals surface area (Å²) in [5, 5.41) is 25.1. The second kappa shape index (κ2) is 5.41. The predicted molar refractivity (Wildman–Crippen MR) is 58.6 cm³/mol. The Morgan fingerprint density at radius 3 is 2.62 bits per heavy atom. The second-order valence-electron chi connectivity index (χ2n) is 3.64. The SMILES string of the molecule is CC(O)CCN(C)c1ccc(C(=O)O)nn1. The number of carboxylic acid groups (broad SMARTS) is 1. The summed E-state index contributed by atoms with van der Waals surface area (Å²) in [4.78, 5) is 12.4. The molecule has 1 aromatic rings. The molecule has 0 spiro atoms. The molecule has 6 nitrogen and oxygen atoms in total.